The van der Waals surface area contributed by atoms with E-state index in [0.717, 1.165) is 32.8 Å². The Morgan fingerprint density at radius 1 is 1.29 bits per heavy atom. The number of hydrogen-bond acceptors (Lipinski definition) is 3. The molecule has 1 saturated heterocycles. The van der Waals surface area contributed by atoms with Gasteiger partial charge in [0.2, 0.25) is 0 Å². The van der Waals surface area contributed by atoms with Gasteiger partial charge in [0, 0.05) is 19.6 Å². The highest BCUT2D eigenvalue weighted by atomic mass is 16.5. The van der Waals surface area contributed by atoms with Crippen molar-refractivity contribution in [3.05, 3.63) is 41.5 Å². The van der Waals surface area contributed by atoms with Crippen molar-refractivity contribution >= 4 is 6.08 Å². The van der Waals surface area contributed by atoms with Crippen LogP contribution in [0, 0.1) is 0 Å². The molecule has 1 aliphatic rings. The number of nitrogens with zero attached hydrogens (tertiary/aromatic N) is 1. The van der Waals surface area contributed by atoms with Crippen molar-refractivity contribution in [1.82, 2.24) is 10.4 Å². The van der Waals surface area contributed by atoms with Crippen molar-refractivity contribution in [2.75, 3.05) is 32.8 Å². The highest BCUT2D eigenvalue weighted by Gasteiger charge is 2.08. The molecule has 1 aromatic rings. The molecule has 0 bridgehead atoms. The predicted molar refractivity (Wildman–Crippen MR) is 70.5 cm³/mol. The number of benzene rings is 1. The van der Waals surface area contributed by atoms with Crippen molar-refractivity contribution in [3.8, 4) is 0 Å². The van der Waals surface area contributed by atoms with Gasteiger partial charge in [-0.15, -0.1) is 0 Å². The SMILES string of the molecule is C/C(=C\c1ccccc1)CNN1CCOCC1. The summed E-state index contributed by atoms with van der Waals surface area (Å²) in [5.74, 6) is 0. The maximum atomic E-state index is 5.31. The zero-order valence-corrected chi connectivity index (χ0v) is 10.4. The zero-order chi connectivity index (χ0) is 11.9. The molecule has 1 heterocycles. The maximum absolute atomic E-state index is 5.31. The lowest BCUT2D eigenvalue weighted by molar-refractivity contribution is 0.0139. The van der Waals surface area contributed by atoms with Gasteiger partial charge in [0.25, 0.3) is 0 Å². The summed E-state index contributed by atoms with van der Waals surface area (Å²) >= 11 is 0. The summed E-state index contributed by atoms with van der Waals surface area (Å²) in [4.78, 5) is 0. The fourth-order valence-corrected chi connectivity index (χ4v) is 1.84. The Morgan fingerprint density at radius 3 is 2.71 bits per heavy atom. The molecule has 1 aromatic carbocycles. The summed E-state index contributed by atoms with van der Waals surface area (Å²) in [7, 11) is 0. The van der Waals surface area contributed by atoms with E-state index in [-0.39, 0.29) is 0 Å². The van der Waals surface area contributed by atoms with Gasteiger partial charge in [0.1, 0.15) is 0 Å². The Labute approximate surface area is 103 Å². The third-order valence-corrected chi connectivity index (χ3v) is 2.81. The van der Waals surface area contributed by atoms with Gasteiger partial charge in [-0.25, -0.2) is 5.01 Å². The molecule has 0 spiro atoms. The van der Waals surface area contributed by atoms with E-state index in [9.17, 15) is 0 Å². The van der Waals surface area contributed by atoms with Crippen LogP contribution in [-0.4, -0.2) is 37.9 Å². The molecule has 0 atom stereocenters. The molecular formula is C14H20N2O. The molecule has 17 heavy (non-hydrogen) atoms. The lowest BCUT2D eigenvalue weighted by Gasteiger charge is -2.27. The minimum absolute atomic E-state index is 0.828. The molecule has 1 N–H and O–H groups in total. The molecule has 0 radical (unpaired) electrons. The molecule has 0 saturated carbocycles. The third-order valence-electron chi connectivity index (χ3n) is 2.81. The zero-order valence-electron chi connectivity index (χ0n) is 10.4. The quantitative estimate of drug-likeness (QED) is 0.858. The summed E-state index contributed by atoms with van der Waals surface area (Å²) in [6.45, 7) is 6.65. The monoisotopic (exact) mass is 232 g/mol. The van der Waals surface area contributed by atoms with E-state index in [0.29, 0.717) is 0 Å². The molecule has 92 valence electrons. The van der Waals surface area contributed by atoms with Crippen LogP contribution in [0.2, 0.25) is 0 Å². The first-order valence-electron chi connectivity index (χ1n) is 6.13. The Bertz CT molecular complexity index is 356. The number of nitrogens with one attached hydrogen (secondary N) is 1. The summed E-state index contributed by atoms with van der Waals surface area (Å²) in [5, 5.41) is 2.23. The Balaban J connectivity index is 1.80. The van der Waals surface area contributed by atoms with Gasteiger partial charge in [-0.1, -0.05) is 42.0 Å². The third kappa shape index (κ3) is 4.30. The number of rotatable bonds is 4. The second-order valence-corrected chi connectivity index (χ2v) is 4.34. The van der Waals surface area contributed by atoms with Gasteiger partial charge in [-0.2, -0.15) is 0 Å². The lowest BCUT2D eigenvalue weighted by Crippen LogP contribution is -2.46. The number of hydrogen-bond donors (Lipinski definition) is 1. The molecule has 1 aliphatic heterocycles. The molecule has 3 nitrogen and oxygen atoms in total. The van der Waals surface area contributed by atoms with Gasteiger partial charge in [-0.3, -0.25) is 5.43 Å². The van der Waals surface area contributed by atoms with E-state index < -0.39 is 0 Å². The van der Waals surface area contributed by atoms with Gasteiger partial charge in [0.15, 0.2) is 0 Å². The standard InChI is InChI=1S/C14H20N2O/c1-13(11-14-5-3-2-4-6-14)12-15-16-7-9-17-10-8-16/h2-6,11,15H,7-10,12H2,1H3/b13-11+. The van der Waals surface area contributed by atoms with E-state index in [4.69, 9.17) is 4.74 Å². The van der Waals surface area contributed by atoms with Gasteiger partial charge in [-0.05, 0) is 12.5 Å². The summed E-state index contributed by atoms with van der Waals surface area (Å²) in [6.07, 6.45) is 2.22. The van der Waals surface area contributed by atoms with E-state index in [1.165, 1.54) is 11.1 Å². The summed E-state index contributed by atoms with van der Waals surface area (Å²) in [6, 6.07) is 10.4. The number of morpholine rings is 1. The summed E-state index contributed by atoms with van der Waals surface area (Å²) < 4.78 is 5.31. The van der Waals surface area contributed by atoms with Crippen molar-refractivity contribution in [3.63, 3.8) is 0 Å². The minimum atomic E-state index is 0.828. The van der Waals surface area contributed by atoms with E-state index in [2.05, 4.69) is 47.7 Å². The Kier molecular flexibility index (Phi) is 4.74. The fourth-order valence-electron chi connectivity index (χ4n) is 1.84. The average molecular weight is 232 g/mol. The normalized spacial score (nSPS) is 18.3. The van der Waals surface area contributed by atoms with E-state index >= 15 is 0 Å². The maximum Gasteiger partial charge on any atom is 0.0608 e. The highest BCUT2D eigenvalue weighted by molar-refractivity contribution is 5.52. The predicted octanol–water partition coefficient (Wildman–Crippen LogP) is 1.93. The van der Waals surface area contributed by atoms with Crippen LogP contribution < -0.4 is 5.43 Å². The first-order chi connectivity index (χ1) is 8.34. The van der Waals surface area contributed by atoms with Crippen LogP contribution in [0.3, 0.4) is 0 Å². The minimum Gasteiger partial charge on any atom is -0.379 e. The Hall–Kier alpha value is -1.16. The van der Waals surface area contributed by atoms with Crippen molar-refractivity contribution in [1.29, 1.82) is 0 Å². The van der Waals surface area contributed by atoms with Crippen molar-refractivity contribution < 1.29 is 4.74 Å². The Morgan fingerprint density at radius 2 is 2.00 bits per heavy atom. The highest BCUT2D eigenvalue weighted by Crippen LogP contribution is 2.05. The molecule has 3 heteroatoms. The van der Waals surface area contributed by atoms with Crippen LogP contribution >= 0.6 is 0 Å². The topological polar surface area (TPSA) is 24.5 Å². The molecule has 0 unspecified atom stereocenters. The first-order valence-corrected chi connectivity index (χ1v) is 6.13. The molecule has 2 rings (SSSR count). The fraction of sp³-hybridized carbons (Fsp3) is 0.429. The number of hydrazine groups is 1. The smallest absolute Gasteiger partial charge is 0.0608 e. The molecular weight excluding hydrogens is 212 g/mol. The second-order valence-electron chi connectivity index (χ2n) is 4.34. The molecule has 1 fully saturated rings. The van der Waals surface area contributed by atoms with E-state index in [1.807, 2.05) is 6.07 Å². The van der Waals surface area contributed by atoms with Crippen LogP contribution in [0.15, 0.2) is 35.9 Å². The first kappa shape index (κ1) is 12.3. The van der Waals surface area contributed by atoms with Crippen LogP contribution in [0.5, 0.6) is 0 Å². The molecule has 0 aromatic heterocycles. The van der Waals surface area contributed by atoms with Crippen LogP contribution in [0.25, 0.3) is 6.08 Å². The van der Waals surface area contributed by atoms with Gasteiger partial charge in [0.05, 0.1) is 13.2 Å². The van der Waals surface area contributed by atoms with Crippen molar-refractivity contribution in [2.45, 2.75) is 6.92 Å². The van der Waals surface area contributed by atoms with Gasteiger partial charge < -0.3 is 4.74 Å². The van der Waals surface area contributed by atoms with Gasteiger partial charge >= 0.3 is 0 Å². The van der Waals surface area contributed by atoms with Crippen LogP contribution in [0.4, 0.5) is 0 Å². The van der Waals surface area contributed by atoms with Crippen molar-refractivity contribution in [2.24, 2.45) is 0 Å². The summed E-state index contributed by atoms with van der Waals surface area (Å²) in [5.41, 5.74) is 6.02. The largest absolute Gasteiger partial charge is 0.379 e. The van der Waals surface area contributed by atoms with Crippen LogP contribution in [-0.2, 0) is 4.74 Å². The van der Waals surface area contributed by atoms with E-state index in [1.54, 1.807) is 0 Å². The lowest BCUT2D eigenvalue weighted by atomic mass is 10.1. The molecule has 0 aliphatic carbocycles. The molecule has 0 amide bonds. The average Bonchev–Trinajstić information content (AvgIpc) is 2.39. The second kappa shape index (κ2) is 6.55. The van der Waals surface area contributed by atoms with Crippen LogP contribution in [0.1, 0.15) is 12.5 Å². The number of ether oxygens (including phenoxy) is 1.